The largest absolute Gasteiger partial charge is 0.0917 e. The fourth-order valence-corrected chi connectivity index (χ4v) is 1.37. The van der Waals surface area contributed by atoms with Gasteiger partial charge in [-0.15, -0.1) is 0 Å². The van der Waals surface area contributed by atoms with Gasteiger partial charge in [0.05, 0.1) is 0 Å². The summed E-state index contributed by atoms with van der Waals surface area (Å²) in [4.78, 5) is 0. The predicted octanol–water partition coefficient (Wildman–Crippen LogP) is 5.07. The molecule has 81 valence electrons. The van der Waals surface area contributed by atoms with E-state index in [2.05, 4.69) is 38.2 Å². The molecular weight excluding hydrogens is 168 g/mol. The summed E-state index contributed by atoms with van der Waals surface area (Å²) in [6.45, 7) is 5.92. The van der Waals surface area contributed by atoms with Crippen molar-refractivity contribution in [2.75, 3.05) is 0 Å². The van der Waals surface area contributed by atoms with Crippen LogP contribution in [0.2, 0.25) is 0 Å². The molecule has 14 heavy (non-hydrogen) atoms. The van der Waals surface area contributed by atoms with Gasteiger partial charge in [0.25, 0.3) is 0 Å². The lowest BCUT2D eigenvalue weighted by Crippen LogP contribution is -1.74. The Kier molecular flexibility index (Phi) is 12.0. The number of unbranched alkanes of at least 4 members (excludes halogenated alkanes) is 6. The maximum atomic E-state index is 3.84. The van der Waals surface area contributed by atoms with Crippen molar-refractivity contribution in [2.45, 2.75) is 58.3 Å². The maximum Gasteiger partial charge on any atom is -0.0348 e. The topological polar surface area (TPSA) is 0 Å². The van der Waals surface area contributed by atoms with Gasteiger partial charge in [0.1, 0.15) is 0 Å². The Hall–Kier alpha value is -0.520. The number of hydrogen-bond donors (Lipinski definition) is 0. The van der Waals surface area contributed by atoms with Crippen molar-refractivity contribution >= 4 is 0 Å². The van der Waals surface area contributed by atoms with Gasteiger partial charge in [0.2, 0.25) is 0 Å². The molecule has 0 aliphatic heterocycles. The van der Waals surface area contributed by atoms with Crippen molar-refractivity contribution in [3.05, 3.63) is 31.2 Å². The van der Waals surface area contributed by atoms with Gasteiger partial charge in [0, 0.05) is 0 Å². The first-order valence-electron chi connectivity index (χ1n) is 5.97. The summed E-state index contributed by atoms with van der Waals surface area (Å²) in [7, 11) is 0. The van der Waals surface area contributed by atoms with E-state index in [0.717, 1.165) is 6.42 Å². The lowest BCUT2D eigenvalue weighted by Gasteiger charge is -1.94. The molecule has 0 amide bonds. The van der Waals surface area contributed by atoms with Crippen LogP contribution in [0.4, 0.5) is 0 Å². The average molecular weight is 193 g/mol. The highest BCUT2D eigenvalue weighted by Gasteiger charge is 1.84. The minimum atomic E-state index is 1.09. The zero-order valence-corrected chi connectivity index (χ0v) is 9.67. The first-order valence-corrected chi connectivity index (χ1v) is 5.97. The third-order valence-corrected chi connectivity index (χ3v) is 2.26. The van der Waals surface area contributed by atoms with Crippen LogP contribution < -0.4 is 0 Å². The molecule has 0 aromatic rings. The number of rotatable bonds is 9. The Bertz CT molecular complexity index is 142. The van der Waals surface area contributed by atoms with Gasteiger partial charge >= 0.3 is 0 Å². The molecule has 0 saturated carbocycles. The quantitative estimate of drug-likeness (QED) is 0.354. The summed E-state index contributed by atoms with van der Waals surface area (Å²) in [6.07, 6.45) is 19.1. The molecular formula is C14H25. The molecule has 0 atom stereocenters. The van der Waals surface area contributed by atoms with E-state index in [9.17, 15) is 0 Å². The van der Waals surface area contributed by atoms with E-state index in [-0.39, 0.29) is 0 Å². The molecule has 0 nitrogen and oxygen atoms in total. The maximum absolute atomic E-state index is 3.84. The van der Waals surface area contributed by atoms with Gasteiger partial charge < -0.3 is 0 Å². The molecule has 0 fully saturated rings. The van der Waals surface area contributed by atoms with Crippen molar-refractivity contribution in [1.82, 2.24) is 0 Å². The van der Waals surface area contributed by atoms with E-state index in [1.807, 2.05) is 0 Å². The fraction of sp³-hybridized carbons (Fsp3) is 0.643. The average Bonchev–Trinajstić information content (AvgIpc) is 2.21. The lowest BCUT2D eigenvalue weighted by molar-refractivity contribution is 0.693. The van der Waals surface area contributed by atoms with Crippen LogP contribution in [0.15, 0.2) is 24.3 Å². The van der Waals surface area contributed by atoms with E-state index < -0.39 is 0 Å². The Labute approximate surface area is 90.1 Å². The van der Waals surface area contributed by atoms with Crippen molar-refractivity contribution in [3.63, 3.8) is 0 Å². The van der Waals surface area contributed by atoms with Crippen molar-refractivity contribution < 1.29 is 0 Å². The van der Waals surface area contributed by atoms with Gasteiger partial charge in [-0.3, -0.25) is 0 Å². The van der Waals surface area contributed by atoms with E-state index in [1.54, 1.807) is 0 Å². The molecule has 1 radical (unpaired) electrons. The standard InChI is InChI=1S/C14H25/c1-3-5-7-9-11-13-14-12-10-8-6-4-2/h4,6,13-14H,1,3,5,7-12H2,2H3. The number of hydrogen-bond acceptors (Lipinski definition) is 0. The van der Waals surface area contributed by atoms with Gasteiger partial charge in [-0.2, -0.15) is 0 Å². The van der Waals surface area contributed by atoms with E-state index in [0.29, 0.717) is 0 Å². The molecule has 0 unspecified atom stereocenters. The normalized spacial score (nSPS) is 11.9. The molecule has 0 spiro atoms. The third-order valence-electron chi connectivity index (χ3n) is 2.26. The highest BCUT2D eigenvalue weighted by molar-refractivity contribution is 4.83. The second-order valence-corrected chi connectivity index (χ2v) is 3.67. The molecule has 0 N–H and O–H groups in total. The van der Waals surface area contributed by atoms with Crippen molar-refractivity contribution in [1.29, 1.82) is 0 Å². The molecule has 0 rings (SSSR count). The lowest BCUT2D eigenvalue weighted by atomic mass is 10.1. The van der Waals surface area contributed by atoms with Crippen LogP contribution >= 0.6 is 0 Å². The minimum absolute atomic E-state index is 1.09. The van der Waals surface area contributed by atoms with Crippen LogP contribution in [-0.4, -0.2) is 0 Å². The van der Waals surface area contributed by atoms with Crippen LogP contribution in [0.1, 0.15) is 58.3 Å². The summed E-state index contributed by atoms with van der Waals surface area (Å²) in [5.41, 5.74) is 0. The fourth-order valence-electron chi connectivity index (χ4n) is 1.37. The zero-order chi connectivity index (χ0) is 10.5. The summed E-state index contributed by atoms with van der Waals surface area (Å²) >= 11 is 0. The number of allylic oxidation sites excluding steroid dienone is 4. The first kappa shape index (κ1) is 13.5. The second-order valence-electron chi connectivity index (χ2n) is 3.67. The third kappa shape index (κ3) is 11.5. The molecule has 0 aromatic heterocycles. The zero-order valence-electron chi connectivity index (χ0n) is 9.67. The monoisotopic (exact) mass is 193 g/mol. The van der Waals surface area contributed by atoms with Crippen LogP contribution in [0.25, 0.3) is 0 Å². The predicted molar refractivity (Wildman–Crippen MR) is 66.2 cm³/mol. The van der Waals surface area contributed by atoms with Crippen LogP contribution in [0.5, 0.6) is 0 Å². The molecule has 0 aliphatic rings. The molecule has 0 bridgehead atoms. The van der Waals surface area contributed by atoms with Gasteiger partial charge in [-0.25, -0.2) is 0 Å². The van der Waals surface area contributed by atoms with Crippen LogP contribution in [-0.2, 0) is 0 Å². The highest BCUT2D eigenvalue weighted by Crippen LogP contribution is 2.04. The Morgan fingerprint density at radius 3 is 2.07 bits per heavy atom. The molecule has 0 heteroatoms. The van der Waals surface area contributed by atoms with E-state index >= 15 is 0 Å². The molecule has 0 heterocycles. The first-order chi connectivity index (χ1) is 6.91. The second kappa shape index (κ2) is 12.5. The smallest absolute Gasteiger partial charge is 0.0348 e. The van der Waals surface area contributed by atoms with Gasteiger partial charge in [0.15, 0.2) is 0 Å². The van der Waals surface area contributed by atoms with E-state index in [1.165, 1.54) is 44.9 Å². The van der Waals surface area contributed by atoms with Crippen molar-refractivity contribution in [3.8, 4) is 0 Å². The Morgan fingerprint density at radius 1 is 0.786 bits per heavy atom. The molecule has 0 saturated heterocycles. The van der Waals surface area contributed by atoms with Crippen molar-refractivity contribution in [2.24, 2.45) is 0 Å². The summed E-state index contributed by atoms with van der Waals surface area (Å²) in [5, 5.41) is 0. The minimum Gasteiger partial charge on any atom is -0.0917 e. The molecule has 0 aromatic carbocycles. The van der Waals surface area contributed by atoms with Crippen LogP contribution in [0, 0.1) is 6.92 Å². The highest BCUT2D eigenvalue weighted by atomic mass is 13.9. The van der Waals surface area contributed by atoms with Gasteiger partial charge in [-0.1, -0.05) is 50.5 Å². The Morgan fingerprint density at radius 2 is 1.43 bits per heavy atom. The SMILES string of the molecule is [CH2]CCCCCC=CCCCC=CC. The summed E-state index contributed by atoms with van der Waals surface area (Å²) in [6, 6.07) is 0. The van der Waals surface area contributed by atoms with E-state index in [4.69, 9.17) is 0 Å². The summed E-state index contributed by atoms with van der Waals surface area (Å²) < 4.78 is 0. The summed E-state index contributed by atoms with van der Waals surface area (Å²) in [5.74, 6) is 0. The van der Waals surface area contributed by atoms with Crippen LogP contribution in [0.3, 0.4) is 0 Å². The van der Waals surface area contributed by atoms with Gasteiger partial charge in [-0.05, 0) is 39.0 Å². The molecule has 0 aliphatic carbocycles. The Balaban J connectivity index is 3.03.